The van der Waals surface area contributed by atoms with E-state index in [0.29, 0.717) is 5.92 Å². The van der Waals surface area contributed by atoms with Gasteiger partial charge in [-0.1, -0.05) is 30.1 Å². The maximum Gasteiger partial charge on any atom is 0.0417 e. The maximum atomic E-state index is 3.29. The van der Waals surface area contributed by atoms with Crippen LogP contribution < -0.4 is 0 Å². The third kappa shape index (κ3) is 1.46. The molecule has 0 spiro atoms. The molecule has 2 aliphatic rings. The van der Waals surface area contributed by atoms with Gasteiger partial charge in [0.25, 0.3) is 0 Å². The molecule has 0 aromatic rings. The molecule has 2 aliphatic carbocycles. The van der Waals surface area contributed by atoms with E-state index in [0.717, 1.165) is 11.8 Å². The van der Waals surface area contributed by atoms with E-state index in [4.69, 9.17) is 0 Å². The first-order valence-corrected chi connectivity index (χ1v) is 4.70. The van der Waals surface area contributed by atoms with Gasteiger partial charge < -0.3 is 0 Å². The van der Waals surface area contributed by atoms with Crippen molar-refractivity contribution in [1.29, 1.82) is 0 Å². The van der Waals surface area contributed by atoms with Gasteiger partial charge in [0.2, 0.25) is 0 Å². The lowest BCUT2D eigenvalue weighted by Crippen LogP contribution is -2.01. The molecule has 0 aliphatic heterocycles. The first-order valence-electron chi connectivity index (χ1n) is 4.70. The summed E-state index contributed by atoms with van der Waals surface area (Å²) in [4.78, 5) is 0. The lowest BCUT2D eigenvalue weighted by atomic mass is 9.96. The van der Waals surface area contributed by atoms with Gasteiger partial charge in [0.15, 0.2) is 0 Å². The summed E-state index contributed by atoms with van der Waals surface area (Å²) < 4.78 is 0. The number of hydrogen-bond donors (Lipinski definition) is 0. The van der Waals surface area contributed by atoms with Crippen LogP contribution >= 0.6 is 0 Å². The Morgan fingerprint density at radius 2 is 2.42 bits per heavy atom. The van der Waals surface area contributed by atoms with Gasteiger partial charge in [-0.25, -0.2) is 0 Å². The molecule has 0 radical (unpaired) electrons. The van der Waals surface area contributed by atoms with Gasteiger partial charge in [-0.3, -0.25) is 0 Å². The van der Waals surface area contributed by atoms with Crippen molar-refractivity contribution < 1.29 is 0 Å². The fourth-order valence-electron chi connectivity index (χ4n) is 1.91. The van der Waals surface area contributed by atoms with E-state index in [2.05, 4.69) is 24.0 Å². The molecule has 0 bridgehead atoms. The molecule has 1 saturated carbocycles. The van der Waals surface area contributed by atoms with Crippen LogP contribution in [0.15, 0.2) is 24.3 Å². The molecule has 0 amide bonds. The number of hydrogen-bond acceptors (Lipinski definition) is 0. The Morgan fingerprint density at radius 1 is 1.50 bits per heavy atom. The Bertz CT molecular complexity index is 272. The summed E-state index contributed by atoms with van der Waals surface area (Å²) in [6.45, 7) is 2.01. The second-order valence-electron chi connectivity index (χ2n) is 3.64. The SMILES string of the molecule is C/C=C/C#CC1C=CCC2CC12. The lowest BCUT2D eigenvalue weighted by Gasteiger charge is -2.07. The molecule has 0 saturated heterocycles. The van der Waals surface area contributed by atoms with Crippen molar-refractivity contribution >= 4 is 0 Å². The predicted octanol–water partition coefficient (Wildman–Crippen LogP) is 2.78. The number of rotatable bonds is 0. The molecule has 0 aromatic heterocycles. The van der Waals surface area contributed by atoms with Crippen molar-refractivity contribution in [2.45, 2.75) is 19.8 Å². The zero-order valence-corrected chi connectivity index (χ0v) is 7.46. The van der Waals surface area contributed by atoms with Crippen LogP contribution in [0.4, 0.5) is 0 Å². The van der Waals surface area contributed by atoms with E-state index in [1.807, 2.05) is 19.1 Å². The summed E-state index contributed by atoms with van der Waals surface area (Å²) in [5.74, 6) is 8.79. The van der Waals surface area contributed by atoms with E-state index in [1.165, 1.54) is 12.8 Å². The Kier molecular flexibility index (Phi) is 2.04. The number of fused-ring (bicyclic) bond motifs is 1. The Hall–Kier alpha value is -0.960. The van der Waals surface area contributed by atoms with Gasteiger partial charge in [-0.05, 0) is 37.7 Å². The monoisotopic (exact) mass is 158 g/mol. The summed E-state index contributed by atoms with van der Waals surface area (Å²) in [7, 11) is 0. The fourth-order valence-corrected chi connectivity index (χ4v) is 1.91. The summed E-state index contributed by atoms with van der Waals surface area (Å²) in [6, 6.07) is 0. The van der Waals surface area contributed by atoms with E-state index >= 15 is 0 Å². The van der Waals surface area contributed by atoms with Gasteiger partial charge >= 0.3 is 0 Å². The molecule has 12 heavy (non-hydrogen) atoms. The van der Waals surface area contributed by atoms with E-state index in [9.17, 15) is 0 Å². The van der Waals surface area contributed by atoms with Gasteiger partial charge in [0.05, 0.1) is 0 Å². The zero-order valence-electron chi connectivity index (χ0n) is 7.46. The zero-order chi connectivity index (χ0) is 8.39. The highest BCUT2D eigenvalue weighted by Crippen LogP contribution is 2.49. The second kappa shape index (κ2) is 3.19. The van der Waals surface area contributed by atoms with Crippen LogP contribution in [-0.2, 0) is 0 Å². The topological polar surface area (TPSA) is 0 Å². The van der Waals surface area contributed by atoms with Crippen LogP contribution in [0.1, 0.15) is 19.8 Å². The first-order chi connectivity index (χ1) is 5.92. The Labute approximate surface area is 74.4 Å². The predicted molar refractivity (Wildman–Crippen MR) is 51.4 cm³/mol. The summed E-state index contributed by atoms with van der Waals surface area (Å²) >= 11 is 0. The fraction of sp³-hybridized carbons (Fsp3) is 0.500. The van der Waals surface area contributed by atoms with Gasteiger partial charge in [0.1, 0.15) is 0 Å². The molecule has 3 unspecified atom stereocenters. The molecular weight excluding hydrogens is 144 g/mol. The molecule has 0 nitrogen and oxygen atoms in total. The highest BCUT2D eigenvalue weighted by atomic mass is 14.5. The van der Waals surface area contributed by atoms with Gasteiger partial charge in [-0.15, -0.1) is 0 Å². The van der Waals surface area contributed by atoms with Crippen LogP contribution in [0.2, 0.25) is 0 Å². The molecular formula is C12H14. The van der Waals surface area contributed by atoms with Crippen molar-refractivity contribution in [2.24, 2.45) is 17.8 Å². The van der Waals surface area contributed by atoms with Crippen molar-refractivity contribution in [3.05, 3.63) is 24.3 Å². The van der Waals surface area contributed by atoms with Crippen molar-refractivity contribution in [1.82, 2.24) is 0 Å². The molecule has 0 heteroatoms. The van der Waals surface area contributed by atoms with Crippen LogP contribution in [0.5, 0.6) is 0 Å². The van der Waals surface area contributed by atoms with Gasteiger partial charge in [0, 0.05) is 5.92 Å². The average Bonchev–Trinajstić information content (AvgIpc) is 2.84. The second-order valence-corrected chi connectivity index (χ2v) is 3.64. The molecule has 1 fully saturated rings. The number of allylic oxidation sites excluding steroid dienone is 4. The average molecular weight is 158 g/mol. The largest absolute Gasteiger partial charge is 0.0907 e. The molecule has 0 aromatic carbocycles. The highest BCUT2D eigenvalue weighted by Gasteiger charge is 2.42. The summed E-state index contributed by atoms with van der Waals surface area (Å²) in [6.07, 6.45) is 11.2. The first kappa shape index (κ1) is 7.68. The van der Waals surface area contributed by atoms with Crippen molar-refractivity contribution in [3.8, 4) is 11.8 Å². The summed E-state index contributed by atoms with van der Waals surface area (Å²) in [5.41, 5.74) is 0. The van der Waals surface area contributed by atoms with Crippen LogP contribution in [0, 0.1) is 29.6 Å². The van der Waals surface area contributed by atoms with Crippen molar-refractivity contribution in [2.75, 3.05) is 0 Å². The minimum Gasteiger partial charge on any atom is -0.0907 e. The summed E-state index contributed by atoms with van der Waals surface area (Å²) in [5, 5.41) is 0. The minimum absolute atomic E-state index is 0.556. The smallest absolute Gasteiger partial charge is 0.0417 e. The highest BCUT2D eigenvalue weighted by molar-refractivity contribution is 5.24. The maximum absolute atomic E-state index is 3.29. The van der Waals surface area contributed by atoms with E-state index < -0.39 is 0 Å². The molecule has 0 heterocycles. The van der Waals surface area contributed by atoms with E-state index in [1.54, 1.807) is 0 Å². The standard InChI is InChI=1S/C12H14/c1-2-3-4-6-10-7-5-8-11-9-12(10)11/h2-3,5,7,10-12H,8-9H2,1H3/b3-2+. The Morgan fingerprint density at radius 3 is 3.25 bits per heavy atom. The molecule has 62 valence electrons. The lowest BCUT2D eigenvalue weighted by molar-refractivity contribution is 0.606. The third-order valence-electron chi connectivity index (χ3n) is 2.72. The molecule has 3 atom stereocenters. The van der Waals surface area contributed by atoms with Crippen molar-refractivity contribution in [3.63, 3.8) is 0 Å². The normalized spacial score (nSPS) is 37.2. The van der Waals surface area contributed by atoms with Crippen LogP contribution in [-0.4, -0.2) is 0 Å². The van der Waals surface area contributed by atoms with E-state index in [-0.39, 0.29) is 0 Å². The molecule has 2 rings (SSSR count). The molecule has 0 N–H and O–H groups in total. The quantitative estimate of drug-likeness (QED) is 0.375. The minimum atomic E-state index is 0.556. The third-order valence-corrected chi connectivity index (χ3v) is 2.72. The van der Waals surface area contributed by atoms with Crippen LogP contribution in [0.3, 0.4) is 0 Å². The van der Waals surface area contributed by atoms with Crippen LogP contribution in [0.25, 0.3) is 0 Å². The Balaban J connectivity index is 2.00. The van der Waals surface area contributed by atoms with Gasteiger partial charge in [-0.2, -0.15) is 0 Å².